The van der Waals surface area contributed by atoms with Crippen molar-refractivity contribution < 1.29 is 13.0 Å². The summed E-state index contributed by atoms with van der Waals surface area (Å²) in [6.07, 6.45) is 0. The van der Waals surface area contributed by atoms with Crippen LogP contribution in [0.15, 0.2) is 106 Å². The predicted molar refractivity (Wildman–Crippen MR) is 114 cm³/mol. The maximum absolute atomic E-state index is 11.6. The number of benzene rings is 4. The van der Waals surface area contributed by atoms with Crippen LogP contribution in [0.2, 0.25) is 0 Å². The fourth-order valence-corrected chi connectivity index (χ4v) is 3.46. The Kier molecular flexibility index (Phi) is 5.07. The van der Waals surface area contributed by atoms with Gasteiger partial charge in [0.25, 0.3) is 10.1 Å². The first-order valence-corrected chi connectivity index (χ1v) is 10.3. The highest BCUT2D eigenvalue weighted by Crippen LogP contribution is 2.34. The third-order valence-corrected chi connectivity index (χ3v) is 5.20. The molecule has 0 heterocycles. The second kappa shape index (κ2) is 7.83. The van der Waals surface area contributed by atoms with Crippen molar-refractivity contribution in [3.05, 3.63) is 91.0 Å². The zero-order chi connectivity index (χ0) is 20.3. The van der Waals surface area contributed by atoms with Gasteiger partial charge in [0.05, 0.1) is 16.3 Å². The Morgan fingerprint density at radius 2 is 1.45 bits per heavy atom. The molecule has 0 atom stereocenters. The van der Waals surface area contributed by atoms with Gasteiger partial charge in [0.15, 0.2) is 0 Å². The molecule has 2 N–H and O–H groups in total. The molecule has 0 saturated carbocycles. The molecule has 0 aliphatic heterocycles. The van der Waals surface area contributed by atoms with E-state index in [0.717, 1.165) is 16.5 Å². The zero-order valence-corrected chi connectivity index (χ0v) is 16.0. The van der Waals surface area contributed by atoms with Gasteiger partial charge in [0, 0.05) is 11.1 Å². The maximum atomic E-state index is 11.6. The highest BCUT2D eigenvalue weighted by Gasteiger charge is 2.14. The van der Waals surface area contributed by atoms with E-state index in [0.29, 0.717) is 17.1 Å². The van der Waals surface area contributed by atoms with E-state index in [2.05, 4.69) is 15.5 Å². The largest absolute Gasteiger partial charge is 0.353 e. The molecule has 0 aromatic heterocycles. The average molecular weight is 403 g/mol. The molecule has 29 heavy (non-hydrogen) atoms. The van der Waals surface area contributed by atoms with Crippen molar-refractivity contribution in [1.29, 1.82) is 0 Å². The summed E-state index contributed by atoms with van der Waals surface area (Å²) in [6, 6.07) is 27.0. The van der Waals surface area contributed by atoms with E-state index in [9.17, 15) is 13.0 Å². The van der Waals surface area contributed by atoms with E-state index < -0.39 is 10.1 Å². The van der Waals surface area contributed by atoms with Crippen molar-refractivity contribution in [2.75, 3.05) is 5.32 Å². The number of fused-ring (bicyclic) bond motifs is 1. The van der Waals surface area contributed by atoms with Crippen LogP contribution >= 0.6 is 0 Å². The van der Waals surface area contributed by atoms with Crippen LogP contribution < -0.4 is 5.32 Å². The van der Waals surface area contributed by atoms with Crippen LogP contribution in [-0.4, -0.2) is 13.0 Å². The normalized spacial score (nSPS) is 11.8. The van der Waals surface area contributed by atoms with Gasteiger partial charge in [-0.2, -0.15) is 13.5 Å². The summed E-state index contributed by atoms with van der Waals surface area (Å²) in [5.41, 5.74) is 2.31. The molecule has 6 nitrogen and oxygen atoms in total. The summed E-state index contributed by atoms with van der Waals surface area (Å²) in [6.45, 7) is 0. The molecule has 0 fully saturated rings. The predicted octanol–water partition coefficient (Wildman–Crippen LogP) is 6.25. The zero-order valence-electron chi connectivity index (χ0n) is 15.2. The number of rotatable bonds is 5. The molecular weight excluding hydrogens is 386 g/mol. The van der Waals surface area contributed by atoms with Crippen LogP contribution in [-0.2, 0) is 10.1 Å². The number of hydrogen-bond donors (Lipinski definition) is 2. The van der Waals surface area contributed by atoms with Gasteiger partial charge in [-0.1, -0.05) is 54.6 Å². The van der Waals surface area contributed by atoms with Crippen molar-refractivity contribution >= 4 is 43.6 Å². The second-order valence-electron chi connectivity index (χ2n) is 6.34. The molecule has 0 radical (unpaired) electrons. The van der Waals surface area contributed by atoms with E-state index in [1.54, 1.807) is 0 Å². The minimum absolute atomic E-state index is 0.223. The SMILES string of the molecule is O=S(=O)(O)c1ccc(N=Nc2ccccc2)c(Nc2cccc3ccccc23)c1. The van der Waals surface area contributed by atoms with Crippen molar-refractivity contribution in [3.8, 4) is 0 Å². The fraction of sp³-hybridized carbons (Fsp3) is 0. The van der Waals surface area contributed by atoms with E-state index in [1.165, 1.54) is 18.2 Å². The summed E-state index contributed by atoms with van der Waals surface area (Å²) in [5.74, 6) is 0. The minimum Gasteiger partial charge on any atom is -0.353 e. The van der Waals surface area contributed by atoms with Crippen LogP contribution in [0.1, 0.15) is 0 Å². The molecule has 144 valence electrons. The smallest absolute Gasteiger partial charge is 0.294 e. The Bertz CT molecular complexity index is 1300. The van der Waals surface area contributed by atoms with Gasteiger partial charge >= 0.3 is 0 Å². The number of anilines is 2. The Balaban J connectivity index is 1.79. The third-order valence-electron chi connectivity index (χ3n) is 4.35. The van der Waals surface area contributed by atoms with Crippen LogP contribution in [0.5, 0.6) is 0 Å². The van der Waals surface area contributed by atoms with Gasteiger partial charge in [-0.25, -0.2) is 0 Å². The van der Waals surface area contributed by atoms with Crippen LogP contribution in [0, 0.1) is 0 Å². The average Bonchev–Trinajstić information content (AvgIpc) is 2.73. The van der Waals surface area contributed by atoms with Crippen molar-refractivity contribution in [2.45, 2.75) is 4.90 Å². The molecule has 0 aliphatic rings. The Morgan fingerprint density at radius 3 is 2.24 bits per heavy atom. The highest BCUT2D eigenvalue weighted by atomic mass is 32.2. The Morgan fingerprint density at radius 1 is 0.724 bits per heavy atom. The van der Waals surface area contributed by atoms with E-state index in [1.807, 2.05) is 72.8 Å². The first-order chi connectivity index (χ1) is 14.0. The molecule has 0 amide bonds. The number of azo groups is 1. The monoisotopic (exact) mass is 403 g/mol. The first-order valence-electron chi connectivity index (χ1n) is 8.84. The van der Waals surface area contributed by atoms with Crippen molar-refractivity contribution in [3.63, 3.8) is 0 Å². The Hall–Kier alpha value is -3.55. The quantitative estimate of drug-likeness (QED) is 0.304. The maximum Gasteiger partial charge on any atom is 0.294 e. The van der Waals surface area contributed by atoms with E-state index >= 15 is 0 Å². The lowest BCUT2D eigenvalue weighted by Gasteiger charge is -2.12. The molecule has 4 aromatic carbocycles. The standard InChI is InChI=1S/C22H17N3O3S/c26-29(27,28)18-13-14-21(25-24-17-9-2-1-3-10-17)22(15-18)23-20-12-6-8-16-7-4-5-11-19(16)20/h1-15,23H,(H,26,27,28). The van der Waals surface area contributed by atoms with Gasteiger partial charge in [-0.3, -0.25) is 4.55 Å². The number of hydrogen-bond acceptors (Lipinski definition) is 5. The van der Waals surface area contributed by atoms with Crippen LogP contribution in [0.4, 0.5) is 22.7 Å². The summed E-state index contributed by atoms with van der Waals surface area (Å²) < 4.78 is 32.7. The Labute approximate surface area is 168 Å². The molecule has 7 heteroatoms. The van der Waals surface area contributed by atoms with Crippen molar-refractivity contribution in [1.82, 2.24) is 0 Å². The molecule has 4 rings (SSSR count). The fourth-order valence-electron chi connectivity index (χ4n) is 2.95. The number of nitrogens with one attached hydrogen (secondary N) is 1. The summed E-state index contributed by atoms with van der Waals surface area (Å²) >= 11 is 0. The van der Waals surface area contributed by atoms with Gasteiger partial charge in [-0.05, 0) is 41.8 Å². The van der Waals surface area contributed by atoms with E-state index in [4.69, 9.17) is 0 Å². The van der Waals surface area contributed by atoms with Crippen LogP contribution in [0.3, 0.4) is 0 Å². The van der Waals surface area contributed by atoms with Crippen LogP contribution in [0.25, 0.3) is 10.8 Å². The second-order valence-corrected chi connectivity index (χ2v) is 7.76. The van der Waals surface area contributed by atoms with E-state index in [-0.39, 0.29) is 4.90 Å². The van der Waals surface area contributed by atoms with Crippen molar-refractivity contribution in [2.24, 2.45) is 10.2 Å². The number of nitrogens with zero attached hydrogens (tertiary/aromatic N) is 2. The lowest BCUT2D eigenvalue weighted by Crippen LogP contribution is -2.00. The van der Waals surface area contributed by atoms with Gasteiger partial charge in [0.2, 0.25) is 0 Å². The molecule has 0 aliphatic carbocycles. The van der Waals surface area contributed by atoms with Gasteiger partial charge in [0.1, 0.15) is 5.69 Å². The van der Waals surface area contributed by atoms with Gasteiger partial charge < -0.3 is 5.32 Å². The lowest BCUT2D eigenvalue weighted by atomic mass is 10.1. The molecule has 0 spiro atoms. The molecular formula is C22H17N3O3S. The lowest BCUT2D eigenvalue weighted by molar-refractivity contribution is 0.483. The summed E-state index contributed by atoms with van der Waals surface area (Å²) in [5, 5.41) is 13.7. The topological polar surface area (TPSA) is 91.1 Å². The molecule has 4 aromatic rings. The summed E-state index contributed by atoms with van der Waals surface area (Å²) in [7, 11) is -4.36. The summed E-state index contributed by atoms with van der Waals surface area (Å²) in [4.78, 5) is -0.223. The highest BCUT2D eigenvalue weighted by molar-refractivity contribution is 7.85. The first kappa shape index (κ1) is 18.8. The molecule has 0 bridgehead atoms. The van der Waals surface area contributed by atoms with Gasteiger partial charge in [-0.15, -0.1) is 5.11 Å². The third kappa shape index (κ3) is 4.31. The minimum atomic E-state index is -4.36. The molecule has 0 saturated heterocycles. The molecule has 0 unspecified atom stereocenters.